The number of rotatable bonds is 5. The van der Waals surface area contributed by atoms with Crippen LogP contribution in [0.5, 0.6) is 0 Å². The van der Waals surface area contributed by atoms with Crippen molar-refractivity contribution in [2.45, 2.75) is 24.9 Å². The Balaban J connectivity index is 1.66. The van der Waals surface area contributed by atoms with Gasteiger partial charge in [-0.2, -0.15) is 0 Å². The summed E-state index contributed by atoms with van der Waals surface area (Å²) < 4.78 is 5.00. The van der Waals surface area contributed by atoms with E-state index in [0.717, 1.165) is 25.9 Å². The first kappa shape index (κ1) is 15.4. The van der Waals surface area contributed by atoms with E-state index < -0.39 is 0 Å². The fourth-order valence-corrected chi connectivity index (χ4v) is 3.47. The molecule has 0 amide bonds. The van der Waals surface area contributed by atoms with Gasteiger partial charge in [-0.3, -0.25) is 4.98 Å². The van der Waals surface area contributed by atoms with Crippen molar-refractivity contribution in [3.8, 4) is 0 Å². The molecule has 2 aromatic rings. The third-order valence-electron chi connectivity index (χ3n) is 4.57. The number of aliphatic hydroxyl groups excluding tert-OH is 1. The van der Waals surface area contributed by atoms with E-state index in [0.29, 0.717) is 19.1 Å². The van der Waals surface area contributed by atoms with Gasteiger partial charge in [0.05, 0.1) is 12.7 Å². The van der Waals surface area contributed by atoms with E-state index in [1.807, 2.05) is 12.4 Å². The van der Waals surface area contributed by atoms with Crippen LogP contribution in [0.1, 0.15) is 24.3 Å². The number of aromatic nitrogens is 1. The van der Waals surface area contributed by atoms with Gasteiger partial charge in [-0.15, -0.1) is 0 Å². The first-order valence-corrected chi connectivity index (χ1v) is 8.00. The predicted octanol–water partition coefficient (Wildman–Crippen LogP) is 2.42. The first-order chi connectivity index (χ1) is 10.8. The van der Waals surface area contributed by atoms with E-state index in [4.69, 9.17) is 4.74 Å². The molecular formula is C18H24N2O2. The van der Waals surface area contributed by atoms with Crippen molar-refractivity contribution in [1.82, 2.24) is 9.88 Å². The summed E-state index contributed by atoms with van der Waals surface area (Å²) in [6.45, 7) is 3.19. The number of fused-ring (bicyclic) bond motifs is 1. The van der Waals surface area contributed by atoms with E-state index in [1.165, 1.54) is 16.3 Å². The molecule has 22 heavy (non-hydrogen) atoms. The Bertz CT molecular complexity index is 604. The lowest BCUT2D eigenvalue weighted by Gasteiger charge is -2.33. The maximum atomic E-state index is 9.85. The molecule has 1 saturated heterocycles. The Morgan fingerprint density at radius 3 is 2.91 bits per heavy atom. The minimum Gasteiger partial charge on any atom is -0.389 e. The lowest BCUT2D eigenvalue weighted by molar-refractivity contribution is 0.0320. The molecule has 1 aromatic heterocycles. The fraction of sp³-hybridized carbons (Fsp3) is 0.500. The van der Waals surface area contributed by atoms with Gasteiger partial charge in [-0.05, 0) is 48.9 Å². The van der Waals surface area contributed by atoms with Crippen LogP contribution in [0.15, 0.2) is 36.7 Å². The van der Waals surface area contributed by atoms with Gasteiger partial charge in [0.1, 0.15) is 0 Å². The van der Waals surface area contributed by atoms with Crippen LogP contribution in [0.25, 0.3) is 10.8 Å². The van der Waals surface area contributed by atoms with Gasteiger partial charge in [0.25, 0.3) is 0 Å². The predicted molar refractivity (Wildman–Crippen MR) is 88.0 cm³/mol. The maximum absolute atomic E-state index is 9.85. The quantitative estimate of drug-likeness (QED) is 0.921. The van der Waals surface area contributed by atoms with Gasteiger partial charge in [-0.25, -0.2) is 0 Å². The highest BCUT2D eigenvalue weighted by Gasteiger charge is 2.23. The minimum atomic E-state index is -0.384. The first-order valence-electron chi connectivity index (χ1n) is 8.00. The Hall–Kier alpha value is -1.49. The zero-order chi connectivity index (χ0) is 15.4. The number of hydrogen-bond acceptors (Lipinski definition) is 4. The summed E-state index contributed by atoms with van der Waals surface area (Å²) >= 11 is 0. The maximum Gasteiger partial charge on any atom is 0.0900 e. The van der Waals surface area contributed by atoms with Crippen molar-refractivity contribution in [1.29, 1.82) is 0 Å². The largest absolute Gasteiger partial charge is 0.389 e. The van der Waals surface area contributed by atoms with Gasteiger partial charge in [0, 0.05) is 31.4 Å². The summed E-state index contributed by atoms with van der Waals surface area (Å²) in [6.07, 6.45) is 5.71. The molecule has 4 heteroatoms. The number of hydrogen-bond donors (Lipinski definition) is 1. The van der Waals surface area contributed by atoms with E-state index in [2.05, 4.69) is 34.1 Å². The average Bonchev–Trinajstić information content (AvgIpc) is 2.55. The topological polar surface area (TPSA) is 45.6 Å². The van der Waals surface area contributed by atoms with Crippen LogP contribution in [0.4, 0.5) is 0 Å². The third kappa shape index (κ3) is 3.46. The van der Waals surface area contributed by atoms with Gasteiger partial charge in [0.2, 0.25) is 0 Å². The molecule has 0 radical (unpaired) electrons. The summed E-state index contributed by atoms with van der Waals surface area (Å²) in [7, 11) is 1.63. The molecule has 0 aliphatic carbocycles. The summed E-state index contributed by atoms with van der Waals surface area (Å²) in [5.41, 5.74) is 1.44. The number of pyridine rings is 1. The van der Waals surface area contributed by atoms with Crippen molar-refractivity contribution in [3.63, 3.8) is 0 Å². The van der Waals surface area contributed by atoms with Crippen LogP contribution in [0, 0.1) is 0 Å². The normalized spacial score (nSPS) is 18.6. The van der Waals surface area contributed by atoms with E-state index in [-0.39, 0.29) is 6.10 Å². The number of piperidine rings is 1. The number of β-amino-alcohol motifs (C(OH)–C–C–N with tert-alkyl or cyclic N) is 1. The highest BCUT2D eigenvalue weighted by atomic mass is 16.5. The standard InChI is InChI=1S/C18H24N2O2/c1-22-13-16(21)12-20-9-6-14(7-10-20)17-4-2-3-15-11-19-8-5-18(15)17/h2-5,8,11,14,16,21H,6-7,9-10,12-13H2,1H3/t16-/m1/s1. The Labute approximate surface area is 131 Å². The molecule has 0 unspecified atom stereocenters. The van der Waals surface area contributed by atoms with Gasteiger partial charge in [0.15, 0.2) is 0 Å². The summed E-state index contributed by atoms with van der Waals surface area (Å²) in [4.78, 5) is 6.55. The molecule has 1 aromatic carbocycles. The van der Waals surface area contributed by atoms with Gasteiger partial charge in [-0.1, -0.05) is 18.2 Å². The Morgan fingerprint density at radius 2 is 2.14 bits per heavy atom. The molecule has 1 atom stereocenters. The van der Waals surface area contributed by atoms with Gasteiger partial charge < -0.3 is 14.7 Å². The molecule has 0 bridgehead atoms. The van der Waals surface area contributed by atoms with E-state index in [9.17, 15) is 5.11 Å². The Kier molecular flexibility index (Phi) is 5.03. The number of methoxy groups -OCH3 is 1. The fourth-order valence-electron chi connectivity index (χ4n) is 3.47. The number of ether oxygens (including phenoxy) is 1. The lowest BCUT2D eigenvalue weighted by Crippen LogP contribution is -2.39. The van der Waals surface area contributed by atoms with Crippen LogP contribution in [-0.2, 0) is 4.74 Å². The molecule has 4 nitrogen and oxygen atoms in total. The van der Waals surface area contributed by atoms with Crippen molar-refractivity contribution >= 4 is 10.8 Å². The van der Waals surface area contributed by atoms with Crippen LogP contribution in [0.2, 0.25) is 0 Å². The van der Waals surface area contributed by atoms with Crippen molar-refractivity contribution in [2.24, 2.45) is 0 Å². The molecule has 1 aliphatic heterocycles. The summed E-state index contributed by atoms with van der Waals surface area (Å²) in [5.74, 6) is 0.599. The Morgan fingerprint density at radius 1 is 1.32 bits per heavy atom. The third-order valence-corrected chi connectivity index (χ3v) is 4.57. The average molecular weight is 300 g/mol. The highest BCUT2D eigenvalue weighted by molar-refractivity contribution is 5.85. The minimum absolute atomic E-state index is 0.384. The SMILES string of the molecule is COC[C@H](O)CN1CCC(c2cccc3cnccc23)CC1. The van der Waals surface area contributed by atoms with Gasteiger partial charge >= 0.3 is 0 Å². The molecule has 1 aliphatic rings. The lowest BCUT2D eigenvalue weighted by atomic mass is 9.86. The highest BCUT2D eigenvalue weighted by Crippen LogP contribution is 2.32. The van der Waals surface area contributed by atoms with Crippen molar-refractivity contribution < 1.29 is 9.84 Å². The number of likely N-dealkylation sites (tertiary alicyclic amines) is 1. The van der Waals surface area contributed by atoms with Crippen LogP contribution < -0.4 is 0 Å². The molecular weight excluding hydrogens is 276 g/mol. The second-order valence-corrected chi connectivity index (χ2v) is 6.13. The van der Waals surface area contributed by atoms with E-state index in [1.54, 1.807) is 7.11 Å². The van der Waals surface area contributed by atoms with E-state index >= 15 is 0 Å². The van der Waals surface area contributed by atoms with Crippen LogP contribution >= 0.6 is 0 Å². The molecule has 118 valence electrons. The smallest absolute Gasteiger partial charge is 0.0900 e. The zero-order valence-corrected chi connectivity index (χ0v) is 13.1. The molecule has 2 heterocycles. The summed E-state index contributed by atoms with van der Waals surface area (Å²) in [6, 6.07) is 8.64. The monoisotopic (exact) mass is 300 g/mol. The number of nitrogens with zero attached hydrogens (tertiary/aromatic N) is 2. The number of aliphatic hydroxyl groups is 1. The number of benzene rings is 1. The zero-order valence-electron chi connectivity index (χ0n) is 13.1. The van der Waals surface area contributed by atoms with Crippen molar-refractivity contribution in [2.75, 3.05) is 33.4 Å². The molecule has 3 rings (SSSR count). The molecule has 1 N–H and O–H groups in total. The van der Waals surface area contributed by atoms with Crippen LogP contribution in [0.3, 0.4) is 0 Å². The summed E-state index contributed by atoms with van der Waals surface area (Å²) in [5, 5.41) is 12.4. The molecule has 1 fully saturated rings. The van der Waals surface area contributed by atoms with Crippen LogP contribution in [-0.4, -0.2) is 54.4 Å². The second kappa shape index (κ2) is 7.18. The van der Waals surface area contributed by atoms with Crippen molar-refractivity contribution in [3.05, 3.63) is 42.2 Å². The second-order valence-electron chi connectivity index (χ2n) is 6.13. The molecule has 0 saturated carbocycles. The molecule has 0 spiro atoms.